The third kappa shape index (κ3) is 3.85. The van der Waals surface area contributed by atoms with Crippen LogP contribution in [0.1, 0.15) is 19.4 Å². The van der Waals surface area contributed by atoms with Crippen molar-refractivity contribution in [3.8, 4) is 11.6 Å². The molecule has 2 heterocycles. The van der Waals surface area contributed by atoms with E-state index in [9.17, 15) is 4.79 Å². The van der Waals surface area contributed by atoms with Gasteiger partial charge in [-0.25, -0.2) is 4.68 Å². The Morgan fingerprint density at radius 2 is 2.08 bits per heavy atom. The van der Waals surface area contributed by atoms with Crippen LogP contribution in [-0.4, -0.2) is 26.0 Å². The van der Waals surface area contributed by atoms with Crippen molar-refractivity contribution >= 4 is 23.4 Å². The van der Waals surface area contributed by atoms with Crippen molar-refractivity contribution in [1.29, 1.82) is 0 Å². The number of nitrogens with two attached hydrogens (primary N) is 1. The number of thioether (sulfide) groups is 1. The minimum Gasteiger partial charge on any atom is -0.461 e. The van der Waals surface area contributed by atoms with Crippen molar-refractivity contribution in [2.24, 2.45) is 0 Å². The highest BCUT2D eigenvalue weighted by Gasteiger charge is 2.20. The molecule has 0 saturated heterocycles. The van der Waals surface area contributed by atoms with E-state index in [1.54, 1.807) is 19.1 Å². The number of rotatable bonds is 6. The van der Waals surface area contributed by atoms with Crippen molar-refractivity contribution in [3.63, 3.8) is 0 Å². The fourth-order valence-electron chi connectivity index (χ4n) is 2.21. The first-order valence-electron chi connectivity index (χ1n) is 7.89. The Kier molecular flexibility index (Phi) is 5.08. The summed E-state index contributed by atoms with van der Waals surface area (Å²) in [5, 5.41) is 11.0. The number of anilines is 1. The quantitative estimate of drug-likeness (QED) is 0.520. The summed E-state index contributed by atoms with van der Waals surface area (Å²) in [5.41, 5.74) is 1.99. The first-order chi connectivity index (χ1) is 12.1. The average molecular weight is 357 g/mol. The van der Waals surface area contributed by atoms with Gasteiger partial charge in [0.15, 0.2) is 5.76 Å². The van der Waals surface area contributed by atoms with Gasteiger partial charge in [0.1, 0.15) is 0 Å². The molecular weight excluding hydrogens is 338 g/mol. The maximum Gasteiger partial charge on any atom is 0.237 e. The Morgan fingerprint density at radius 1 is 1.32 bits per heavy atom. The van der Waals surface area contributed by atoms with Crippen molar-refractivity contribution in [2.75, 3.05) is 11.2 Å². The van der Waals surface area contributed by atoms with Crippen molar-refractivity contribution in [2.45, 2.75) is 30.7 Å². The van der Waals surface area contributed by atoms with Crippen LogP contribution in [0.15, 0.2) is 52.2 Å². The molecule has 3 rings (SSSR count). The Hall–Kier alpha value is -2.74. The number of hydrogen-bond donors (Lipinski definition) is 2. The van der Waals surface area contributed by atoms with Crippen LogP contribution in [0.4, 0.5) is 5.69 Å². The Morgan fingerprint density at radius 3 is 2.72 bits per heavy atom. The molecule has 0 aliphatic heterocycles. The first-order valence-corrected chi connectivity index (χ1v) is 8.77. The van der Waals surface area contributed by atoms with E-state index >= 15 is 0 Å². The van der Waals surface area contributed by atoms with E-state index in [1.807, 2.05) is 24.3 Å². The predicted octanol–water partition coefficient (Wildman–Crippen LogP) is 2.93. The number of nitrogens with one attached hydrogen (secondary N) is 1. The minimum absolute atomic E-state index is 0.128. The summed E-state index contributed by atoms with van der Waals surface area (Å²) in [7, 11) is 0. The molecular formula is C17H19N5O2S. The van der Waals surface area contributed by atoms with Crippen LogP contribution in [0.25, 0.3) is 11.6 Å². The van der Waals surface area contributed by atoms with Crippen LogP contribution in [0.2, 0.25) is 0 Å². The second kappa shape index (κ2) is 7.43. The average Bonchev–Trinajstić information content (AvgIpc) is 3.26. The topological polar surface area (TPSA) is 99.0 Å². The normalized spacial score (nSPS) is 12.1. The summed E-state index contributed by atoms with van der Waals surface area (Å²) in [6.07, 6.45) is 2.50. The van der Waals surface area contributed by atoms with Gasteiger partial charge in [-0.2, -0.15) is 0 Å². The predicted molar refractivity (Wildman–Crippen MR) is 97.6 cm³/mol. The monoisotopic (exact) mass is 357 g/mol. The molecule has 2 aromatic heterocycles. The van der Waals surface area contributed by atoms with Crippen LogP contribution < -0.4 is 11.2 Å². The summed E-state index contributed by atoms with van der Waals surface area (Å²) in [6, 6.07) is 11.3. The SMILES string of the molecule is CCc1ccc(NC(=O)C(C)Sc2nnc(-c3ccco3)n2N)cc1. The van der Waals surface area contributed by atoms with E-state index < -0.39 is 0 Å². The van der Waals surface area contributed by atoms with Crippen molar-refractivity contribution in [3.05, 3.63) is 48.2 Å². The van der Waals surface area contributed by atoms with Gasteiger partial charge in [0.05, 0.1) is 11.5 Å². The van der Waals surface area contributed by atoms with Gasteiger partial charge in [0.25, 0.3) is 0 Å². The maximum atomic E-state index is 12.4. The lowest BCUT2D eigenvalue weighted by molar-refractivity contribution is -0.115. The van der Waals surface area contributed by atoms with E-state index in [1.165, 1.54) is 28.3 Å². The Labute approximate surface area is 149 Å². The van der Waals surface area contributed by atoms with Gasteiger partial charge in [0, 0.05) is 5.69 Å². The van der Waals surface area contributed by atoms with Crippen LogP contribution in [-0.2, 0) is 11.2 Å². The van der Waals surface area contributed by atoms with E-state index in [2.05, 4.69) is 22.4 Å². The molecule has 25 heavy (non-hydrogen) atoms. The van der Waals surface area contributed by atoms with E-state index in [0.717, 1.165) is 12.1 Å². The third-order valence-corrected chi connectivity index (χ3v) is 4.74. The number of carbonyl (C=O) groups is 1. The Balaban J connectivity index is 1.65. The van der Waals surface area contributed by atoms with Crippen LogP contribution in [0.3, 0.4) is 0 Å². The summed E-state index contributed by atoms with van der Waals surface area (Å²) in [5.74, 6) is 6.81. The molecule has 0 fully saturated rings. The second-order valence-corrected chi connectivity index (χ2v) is 6.76. The molecule has 0 bridgehead atoms. The van der Waals surface area contributed by atoms with Gasteiger partial charge in [-0.05, 0) is 43.2 Å². The summed E-state index contributed by atoms with van der Waals surface area (Å²) in [6.45, 7) is 3.88. The fourth-order valence-corrected chi connectivity index (χ4v) is 2.98. The lowest BCUT2D eigenvalue weighted by Crippen LogP contribution is -2.23. The molecule has 0 radical (unpaired) electrons. The molecule has 0 aliphatic rings. The first kappa shape index (κ1) is 17.1. The molecule has 0 saturated carbocycles. The van der Waals surface area contributed by atoms with Gasteiger partial charge >= 0.3 is 0 Å². The number of carbonyl (C=O) groups excluding carboxylic acids is 1. The lowest BCUT2D eigenvalue weighted by Gasteiger charge is -2.11. The zero-order valence-electron chi connectivity index (χ0n) is 14.0. The fraction of sp³-hybridized carbons (Fsp3) is 0.235. The third-order valence-electron chi connectivity index (χ3n) is 3.69. The maximum absolute atomic E-state index is 12.4. The standard InChI is InChI=1S/C17H19N5O2S/c1-3-12-6-8-13(9-7-12)19-16(23)11(2)25-17-21-20-15(22(17)18)14-5-4-10-24-14/h4-11H,3,18H2,1-2H3,(H,19,23). The summed E-state index contributed by atoms with van der Waals surface area (Å²) < 4.78 is 6.59. The van der Waals surface area contributed by atoms with Crippen molar-refractivity contribution < 1.29 is 9.21 Å². The molecule has 130 valence electrons. The molecule has 8 heteroatoms. The second-order valence-electron chi connectivity index (χ2n) is 5.45. The smallest absolute Gasteiger partial charge is 0.237 e. The number of amides is 1. The number of hydrogen-bond acceptors (Lipinski definition) is 6. The molecule has 1 unspecified atom stereocenters. The summed E-state index contributed by atoms with van der Waals surface area (Å²) >= 11 is 1.23. The van der Waals surface area contributed by atoms with Gasteiger partial charge in [-0.3, -0.25) is 4.79 Å². The molecule has 1 atom stereocenters. The minimum atomic E-state index is -0.387. The molecule has 0 aliphatic carbocycles. The van der Waals surface area contributed by atoms with Crippen LogP contribution in [0, 0.1) is 0 Å². The Bertz CT molecular complexity index is 843. The molecule has 1 amide bonds. The number of nitrogens with zero attached hydrogens (tertiary/aromatic N) is 3. The molecule has 3 N–H and O–H groups in total. The molecule has 7 nitrogen and oxygen atoms in total. The number of aryl methyl sites for hydroxylation is 1. The number of furan rings is 1. The summed E-state index contributed by atoms with van der Waals surface area (Å²) in [4.78, 5) is 12.4. The van der Waals surface area contributed by atoms with Gasteiger partial charge < -0.3 is 15.6 Å². The highest BCUT2D eigenvalue weighted by molar-refractivity contribution is 8.00. The van der Waals surface area contributed by atoms with Gasteiger partial charge in [0.2, 0.25) is 16.9 Å². The molecule has 3 aromatic rings. The molecule has 1 aromatic carbocycles. The number of nitrogen functional groups attached to an aromatic ring is 1. The van der Waals surface area contributed by atoms with E-state index in [0.29, 0.717) is 16.7 Å². The number of aromatic nitrogens is 3. The highest BCUT2D eigenvalue weighted by Crippen LogP contribution is 2.25. The van der Waals surface area contributed by atoms with Gasteiger partial charge in [-0.1, -0.05) is 30.8 Å². The van der Waals surface area contributed by atoms with Crippen LogP contribution >= 0.6 is 11.8 Å². The van der Waals surface area contributed by atoms with E-state index in [4.69, 9.17) is 10.3 Å². The largest absolute Gasteiger partial charge is 0.461 e. The van der Waals surface area contributed by atoms with Crippen LogP contribution in [0.5, 0.6) is 0 Å². The van der Waals surface area contributed by atoms with Gasteiger partial charge in [-0.15, -0.1) is 10.2 Å². The van der Waals surface area contributed by atoms with E-state index in [-0.39, 0.29) is 11.2 Å². The van der Waals surface area contributed by atoms with Crippen molar-refractivity contribution in [1.82, 2.24) is 14.9 Å². The zero-order valence-corrected chi connectivity index (χ0v) is 14.8. The highest BCUT2D eigenvalue weighted by atomic mass is 32.2. The zero-order chi connectivity index (χ0) is 17.8. The lowest BCUT2D eigenvalue weighted by atomic mass is 10.1. The molecule has 0 spiro atoms. The number of benzene rings is 1.